The van der Waals surface area contributed by atoms with E-state index in [2.05, 4.69) is 10.3 Å². The summed E-state index contributed by atoms with van der Waals surface area (Å²) in [4.78, 5) is 29.7. The molecule has 2 heterocycles. The Morgan fingerprint density at radius 1 is 1.25 bits per heavy atom. The van der Waals surface area contributed by atoms with Crippen molar-refractivity contribution in [2.45, 2.75) is 13.3 Å². The summed E-state index contributed by atoms with van der Waals surface area (Å²) in [6.07, 6.45) is 0.328. The smallest absolute Gasteiger partial charge is 0.229 e. The number of aromatic nitrogens is 1. The Kier molecular flexibility index (Phi) is 5.22. The zero-order chi connectivity index (χ0) is 16.9. The molecule has 7 heteroatoms. The topological polar surface area (TPSA) is 71.5 Å². The Morgan fingerprint density at radius 2 is 1.96 bits per heavy atom. The highest BCUT2D eigenvalue weighted by atomic mass is 32.1. The molecule has 126 valence electrons. The molecule has 1 aliphatic rings. The number of amides is 2. The SMILES string of the molecule is CC(=O)Nc1ccc(-c2csc(CC(=O)N3CCOCC3)n2)cc1. The lowest BCUT2D eigenvalue weighted by molar-refractivity contribution is -0.134. The van der Waals surface area contributed by atoms with Gasteiger partial charge in [0, 0.05) is 36.6 Å². The molecule has 1 fully saturated rings. The van der Waals surface area contributed by atoms with Crippen molar-refractivity contribution in [3.63, 3.8) is 0 Å². The van der Waals surface area contributed by atoms with Crippen LogP contribution in [0.25, 0.3) is 11.3 Å². The van der Waals surface area contributed by atoms with E-state index in [0.29, 0.717) is 32.7 Å². The second-order valence-electron chi connectivity index (χ2n) is 5.55. The van der Waals surface area contributed by atoms with Crippen LogP contribution in [-0.4, -0.2) is 48.0 Å². The van der Waals surface area contributed by atoms with Gasteiger partial charge in [0.25, 0.3) is 0 Å². The quantitative estimate of drug-likeness (QED) is 0.922. The average molecular weight is 345 g/mol. The molecule has 0 spiro atoms. The molecule has 0 aliphatic carbocycles. The van der Waals surface area contributed by atoms with Crippen LogP contribution in [0.15, 0.2) is 29.6 Å². The Labute approximate surface area is 144 Å². The molecule has 1 aliphatic heterocycles. The van der Waals surface area contributed by atoms with Crippen LogP contribution in [0.3, 0.4) is 0 Å². The van der Waals surface area contributed by atoms with Gasteiger partial charge in [0.05, 0.1) is 25.3 Å². The zero-order valence-electron chi connectivity index (χ0n) is 13.4. The highest BCUT2D eigenvalue weighted by Crippen LogP contribution is 2.24. The van der Waals surface area contributed by atoms with Gasteiger partial charge in [-0.1, -0.05) is 12.1 Å². The van der Waals surface area contributed by atoms with Gasteiger partial charge >= 0.3 is 0 Å². The Bertz CT molecular complexity index is 721. The predicted octanol–water partition coefficient (Wildman–Crippen LogP) is 2.17. The maximum absolute atomic E-state index is 12.3. The van der Waals surface area contributed by atoms with Crippen molar-refractivity contribution in [3.8, 4) is 11.3 Å². The van der Waals surface area contributed by atoms with Gasteiger partial charge in [-0.3, -0.25) is 9.59 Å². The standard InChI is InChI=1S/C17H19N3O3S/c1-12(21)18-14-4-2-13(3-5-14)15-11-24-16(19-15)10-17(22)20-6-8-23-9-7-20/h2-5,11H,6-10H2,1H3,(H,18,21). The second kappa shape index (κ2) is 7.55. The fourth-order valence-electron chi connectivity index (χ4n) is 2.51. The van der Waals surface area contributed by atoms with Gasteiger partial charge in [-0.2, -0.15) is 0 Å². The van der Waals surface area contributed by atoms with Crippen molar-refractivity contribution >= 4 is 28.8 Å². The second-order valence-corrected chi connectivity index (χ2v) is 6.50. The van der Waals surface area contributed by atoms with E-state index in [1.807, 2.05) is 34.5 Å². The van der Waals surface area contributed by atoms with E-state index in [9.17, 15) is 9.59 Å². The fourth-order valence-corrected chi connectivity index (χ4v) is 3.30. The van der Waals surface area contributed by atoms with Crippen LogP contribution in [0.1, 0.15) is 11.9 Å². The van der Waals surface area contributed by atoms with Crippen molar-refractivity contribution in [1.82, 2.24) is 9.88 Å². The van der Waals surface area contributed by atoms with E-state index in [-0.39, 0.29) is 11.8 Å². The normalized spacial score (nSPS) is 14.5. The van der Waals surface area contributed by atoms with Crippen LogP contribution in [0.4, 0.5) is 5.69 Å². The van der Waals surface area contributed by atoms with Crippen molar-refractivity contribution in [3.05, 3.63) is 34.7 Å². The van der Waals surface area contributed by atoms with Gasteiger partial charge in [0.1, 0.15) is 5.01 Å². The Morgan fingerprint density at radius 3 is 2.62 bits per heavy atom. The molecule has 1 N–H and O–H groups in total. The molecule has 0 unspecified atom stereocenters. The first-order valence-corrected chi connectivity index (χ1v) is 8.68. The van der Waals surface area contributed by atoms with E-state index < -0.39 is 0 Å². The van der Waals surface area contributed by atoms with Gasteiger partial charge in [-0.25, -0.2) is 4.98 Å². The molecule has 0 radical (unpaired) electrons. The summed E-state index contributed by atoms with van der Waals surface area (Å²) < 4.78 is 5.26. The number of carbonyl (C=O) groups excluding carboxylic acids is 2. The van der Waals surface area contributed by atoms with Crippen molar-refractivity contribution in [2.75, 3.05) is 31.6 Å². The van der Waals surface area contributed by atoms with Crippen LogP contribution < -0.4 is 5.32 Å². The van der Waals surface area contributed by atoms with Crippen LogP contribution in [0, 0.1) is 0 Å². The third-order valence-corrected chi connectivity index (χ3v) is 4.57. The number of thiazole rings is 1. The van der Waals surface area contributed by atoms with Crippen molar-refractivity contribution in [2.24, 2.45) is 0 Å². The van der Waals surface area contributed by atoms with E-state index in [0.717, 1.165) is 22.0 Å². The monoisotopic (exact) mass is 345 g/mol. The molecule has 2 aromatic rings. The summed E-state index contributed by atoms with van der Waals surface area (Å²) in [5.41, 5.74) is 2.56. The van der Waals surface area contributed by atoms with Gasteiger partial charge < -0.3 is 15.0 Å². The van der Waals surface area contributed by atoms with Crippen molar-refractivity contribution < 1.29 is 14.3 Å². The molecule has 0 atom stereocenters. The van der Waals surface area contributed by atoms with Crippen LogP contribution >= 0.6 is 11.3 Å². The van der Waals surface area contributed by atoms with E-state index >= 15 is 0 Å². The number of anilines is 1. The lowest BCUT2D eigenvalue weighted by atomic mass is 10.1. The summed E-state index contributed by atoms with van der Waals surface area (Å²) in [6.45, 7) is 4.00. The predicted molar refractivity (Wildman–Crippen MR) is 93.0 cm³/mol. The lowest BCUT2D eigenvalue weighted by Gasteiger charge is -2.26. The number of hydrogen-bond acceptors (Lipinski definition) is 5. The third-order valence-electron chi connectivity index (χ3n) is 3.72. The molecule has 0 saturated carbocycles. The summed E-state index contributed by atoms with van der Waals surface area (Å²) >= 11 is 1.49. The number of hydrogen-bond donors (Lipinski definition) is 1. The number of ether oxygens (including phenoxy) is 1. The minimum Gasteiger partial charge on any atom is -0.378 e. The molecule has 2 amide bonds. The number of rotatable bonds is 4. The highest BCUT2D eigenvalue weighted by molar-refractivity contribution is 7.10. The first-order valence-electron chi connectivity index (χ1n) is 7.80. The molecule has 24 heavy (non-hydrogen) atoms. The first-order chi connectivity index (χ1) is 11.6. The molecule has 0 bridgehead atoms. The number of benzene rings is 1. The molecular weight excluding hydrogens is 326 g/mol. The minimum atomic E-state index is -0.0969. The summed E-state index contributed by atoms with van der Waals surface area (Å²) in [5.74, 6) is 0.000487. The van der Waals surface area contributed by atoms with Crippen LogP contribution in [0.2, 0.25) is 0 Å². The van der Waals surface area contributed by atoms with Gasteiger partial charge in [0.2, 0.25) is 11.8 Å². The lowest BCUT2D eigenvalue weighted by Crippen LogP contribution is -2.41. The van der Waals surface area contributed by atoms with Crippen molar-refractivity contribution in [1.29, 1.82) is 0 Å². The zero-order valence-corrected chi connectivity index (χ0v) is 14.3. The maximum Gasteiger partial charge on any atom is 0.229 e. The van der Waals surface area contributed by atoms with E-state index in [1.165, 1.54) is 18.3 Å². The largest absolute Gasteiger partial charge is 0.378 e. The van der Waals surface area contributed by atoms with E-state index in [4.69, 9.17) is 4.74 Å². The first kappa shape index (κ1) is 16.6. The molecule has 1 aromatic carbocycles. The number of nitrogens with zero attached hydrogens (tertiary/aromatic N) is 2. The summed E-state index contributed by atoms with van der Waals surface area (Å²) in [6, 6.07) is 7.51. The number of nitrogens with one attached hydrogen (secondary N) is 1. The summed E-state index contributed by atoms with van der Waals surface area (Å²) in [5, 5.41) is 5.50. The average Bonchev–Trinajstić information content (AvgIpc) is 3.04. The minimum absolute atomic E-state index is 0.0969. The van der Waals surface area contributed by atoms with Crippen LogP contribution in [0.5, 0.6) is 0 Å². The third kappa shape index (κ3) is 4.18. The molecule has 1 saturated heterocycles. The Hall–Kier alpha value is -2.25. The summed E-state index contributed by atoms with van der Waals surface area (Å²) in [7, 11) is 0. The molecule has 3 rings (SSSR count). The fraction of sp³-hybridized carbons (Fsp3) is 0.353. The van der Waals surface area contributed by atoms with Gasteiger partial charge in [0.15, 0.2) is 0 Å². The molecule has 6 nitrogen and oxygen atoms in total. The maximum atomic E-state index is 12.3. The van der Waals surface area contributed by atoms with E-state index in [1.54, 1.807) is 0 Å². The van der Waals surface area contributed by atoms with Gasteiger partial charge in [-0.05, 0) is 12.1 Å². The number of carbonyl (C=O) groups is 2. The molecule has 1 aromatic heterocycles. The van der Waals surface area contributed by atoms with Crippen LogP contribution in [-0.2, 0) is 20.7 Å². The highest BCUT2D eigenvalue weighted by Gasteiger charge is 2.18. The molecular formula is C17H19N3O3S. The van der Waals surface area contributed by atoms with Gasteiger partial charge in [-0.15, -0.1) is 11.3 Å². The number of morpholine rings is 1. The Balaban J connectivity index is 1.64.